The van der Waals surface area contributed by atoms with Gasteiger partial charge in [-0.05, 0) is 29.7 Å². The number of benzene rings is 2. The Morgan fingerprint density at radius 2 is 1.95 bits per heavy atom. The summed E-state index contributed by atoms with van der Waals surface area (Å²) in [6, 6.07) is 14.8. The summed E-state index contributed by atoms with van der Waals surface area (Å²) < 4.78 is 0. The Hall–Kier alpha value is -1.80. The number of nitrogens with zero attached hydrogens (tertiary/aromatic N) is 1. The van der Waals surface area contributed by atoms with Gasteiger partial charge < -0.3 is 0 Å². The van der Waals surface area contributed by atoms with Crippen LogP contribution in [0, 0.1) is 0 Å². The summed E-state index contributed by atoms with van der Waals surface area (Å²) in [4.78, 5) is 0. The quantitative estimate of drug-likeness (QED) is 0.730. The van der Waals surface area contributed by atoms with Gasteiger partial charge in [0.2, 0.25) is 0 Å². The molecule has 1 atom stereocenters. The molecule has 0 unspecified atom stereocenters. The zero-order valence-electron chi connectivity index (χ0n) is 10.7. The minimum Gasteiger partial charge on any atom is -0.276 e. The number of aromatic amines is 1. The van der Waals surface area contributed by atoms with E-state index in [-0.39, 0.29) is 0 Å². The average molecular weight is 271 g/mol. The van der Waals surface area contributed by atoms with E-state index >= 15 is 0 Å². The highest BCUT2D eigenvalue weighted by Gasteiger charge is 2.14. The van der Waals surface area contributed by atoms with E-state index in [4.69, 9.17) is 11.6 Å². The van der Waals surface area contributed by atoms with Crippen molar-refractivity contribution in [1.82, 2.24) is 10.2 Å². The third kappa shape index (κ3) is 2.24. The van der Waals surface area contributed by atoms with E-state index in [1.54, 1.807) is 0 Å². The Labute approximate surface area is 117 Å². The van der Waals surface area contributed by atoms with E-state index in [2.05, 4.69) is 47.5 Å². The minimum atomic E-state index is 0.373. The van der Waals surface area contributed by atoms with Crippen molar-refractivity contribution < 1.29 is 0 Å². The molecule has 2 nitrogen and oxygen atoms in total. The van der Waals surface area contributed by atoms with Crippen molar-refractivity contribution in [3.63, 3.8) is 0 Å². The lowest BCUT2D eigenvalue weighted by molar-refractivity contribution is 0.778. The third-order valence-corrected chi connectivity index (χ3v) is 3.83. The number of H-pyrrole nitrogens is 1. The van der Waals surface area contributed by atoms with E-state index < -0.39 is 0 Å². The first-order valence-corrected chi connectivity index (χ1v) is 6.85. The van der Waals surface area contributed by atoms with Gasteiger partial charge in [-0.3, -0.25) is 5.10 Å². The largest absolute Gasteiger partial charge is 0.276 e. The van der Waals surface area contributed by atoms with Crippen LogP contribution in [0.5, 0.6) is 0 Å². The summed E-state index contributed by atoms with van der Waals surface area (Å²) >= 11 is 6.32. The van der Waals surface area contributed by atoms with Crippen LogP contribution in [0.3, 0.4) is 0 Å². The molecule has 1 heterocycles. The number of rotatable bonds is 3. The SMILES string of the molecule is CC[C@H](c1ccccc1)c1cc(Cl)c2[nH]ncc2c1. The smallest absolute Gasteiger partial charge is 0.0836 e. The van der Waals surface area contributed by atoms with Crippen LogP contribution in [0.2, 0.25) is 5.02 Å². The molecular formula is C16H15ClN2. The molecule has 1 N–H and O–H groups in total. The summed E-state index contributed by atoms with van der Waals surface area (Å²) in [5.74, 6) is 0.373. The Kier molecular flexibility index (Phi) is 3.26. The van der Waals surface area contributed by atoms with Crippen LogP contribution in [0.4, 0.5) is 0 Å². The van der Waals surface area contributed by atoms with Gasteiger partial charge in [0.25, 0.3) is 0 Å². The topological polar surface area (TPSA) is 28.7 Å². The van der Waals surface area contributed by atoms with Gasteiger partial charge >= 0.3 is 0 Å². The molecule has 3 heteroatoms. The summed E-state index contributed by atoms with van der Waals surface area (Å²) in [7, 11) is 0. The number of aromatic nitrogens is 2. The maximum absolute atomic E-state index is 6.32. The van der Waals surface area contributed by atoms with Crippen molar-refractivity contribution >= 4 is 22.5 Å². The van der Waals surface area contributed by atoms with Crippen molar-refractivity contribution in [2.45, 2.75) is 19.3 Å². The van der Waals surface area contributed by atoms with Crippen LogP contribution < -0.4 is 0 Å². The number of fused-ring (bicyclic) bond motifs is 1. The number of hydrogen-bond donors (Lipinski definition) is 1. The van der Waals surface area contributed by atoms with Crippen molar-refractivity contribution in [3.8, 4) is 0 Å². The highest BCUT2D eigenvalue weighted by atomic mass is 35.5. The molecule has 3 rings (SSSR count). The van der Waals surface area contributed by atoms with Gasteiger partial charge in [0.05, 0.1) is 16.7 Å². The second kappa shape index (κ2) is 5.06. The molecule has 2 aromatic carbocycles. The second-order valence-corrected chi connectivity index (χ2v) is 5.12. The highest BCUT2D eigenvalue weighted by Crippen LogP contribution is 2.32. The minimum absolute atomic E-state index is 0.373. The van der Waals surface area contributed by atoms with Crippen molar-refractivity contribution in [1.29, 1.82) is 0 Å². The van der Waals surface area contributed by atoms with Crippen LogP contribution >= 0.6 is 11.6 Å². The molecule has 0 aliphatic carbocycles. The van der Waals surface area contributed by atoms with E-state index in [0.717, 1.165) is 22.3 Å². The predicted octanol–water partition coefficient (Wildman–Crippen LogP) is 4.76. The third-order valence-electron chi connectivity index (χ3n) is 3.54. The maximum atomic E-state index is 6.32. The predicted molar refractivity (Wildman–Crippen MR) is 79.7 cm³/mol. The molecule has 0 saturated heterocycles. The number of halogens is 1. The molecule has 0 aliphatic rings. The highest BCUT2D eigenvalue weighted by molar-refractivity contribution is 6.35. The summed E-state index contributed by atoms with van der Waals surface area (Å²) in [5.41, 5.74) is 3.48. The zero-order valence-corrected chi connectivity index (χ0v) is 11.5. The second-order valence-electron chi connectivity index (χ2n) is 4.71. The fourth-order valence-corrected chi connectivity index (χ4v) is 2.86. The molecule has 3 aromatic rings. The van der Waals surface area contributed by atoms with Crippen LogP contribution in [-0.2, 0) is 0 Å². The van der Waals surface area contributed by atoms with Crippen molar-refractivity contribution in [3.05, 3.63) is 64.8 Å². The van der Waals surface area contributed by atoms with E-state index in [1.165, 1.54) is 11.1 Å². The average Bonchev–Trinajstić information content (AvgIpc) is 2.90. The molecule has 0 bridgehead atoms. The zero-order chi connectivity index (χ0) is 13.2. The van der Waals surface area contributed by atoms with E-state index in [9.17, 15) is 0 Å². The molecule has 1 aromatic heterocycles. The Morgan fingerprint density at radius 1 is 1.16 bits per heavy atom. The van der Waals surface area contributed by atoms with Gasteiger partial charge in [0, 0.05) is 11.3 Å². The Morgan fingerprint density at radius 3 is 2.68 bits per heavy atom. The first-order valence-electron chi connectivity index (χ1n) is 6.47. The molecule has 0 aliphatic heterocycles. The molecule has 0 amide bonds. The molecule has 0 saturated carbocycles. The van der Waals surface area contributed by atoms with Gasteiger partial charge in [0.15, 0.2) is 0 Å². The summed E-state index contributed by atoms with van der Waals surface area (Å²) in [6.45, 7) is 2.20. The van der Waals surface area contributed by atoms with Crippen LogP contribution in [0.1, 0.15) is 30.4 Å². The van der Waals surface area contributed by atoms with Gasteiger partial charge in [0.1, 0.15) is 0 Å². The van der Waals surface area contributed by atoms with E-state index in [0.29, 0.717) is 5.92 Å². The Balaban J connectivity index is 2.11. The van der Waals surface area contributed by atoms with Gasteiger partial charge in [-0.1, -0.05) is 48.9 Å². The maximum Gasteiger partial charge on any atom is 0.0836 e. The van der Waals surface area contributed by atoms with Crippen molar-refractivity contribution in [2.24, 2.45) is 0 Å². The number of hydrogen-bond acceptors (Lipinski definition) is 1. The van der Waals surface area contributed by atoms with Crippen molar-refractivity contribution in [2.75, 3.05) is 0 Å². The van der Waals surface area contributed by atoms with Crippen LogP contribution in [0.25, 0.3) is 10.9 Å². The molecule has 19 heavy (non-hydrogen) atoms. The molecule has 0 radical (unpaired) electrons. The fourth-order valence-electron chi connectivity index (χ4n) is 2.59. The molecule has 0 fully saturated rings. The lowest BCUT2D eigenvalue weighted by Gasteiger charge is -2.16. The van der Waals surface area contributed by atoms with Crippen LogP contribution in [-0.4, -0.2) is 10.2 Å². The summed E-state index contributed by atoms with van der Waals surface area (Å²) in [6.07, 6.45) is 2.87. The van der Waals surface area contributed by atoms with Gasteiger partial charge in [-0.25, -0.2) is 0 Å². The first-order chi connectivity index (χ1) is 9.29. The standard InChI is InChI=1S/C16H15ClN2/c1-2-14(11-6-4-3-5-7-11)12-8-13-10-18-19-16(13)15(17)9-12/h3-10,14H,2H2,1H3,(H,18,19)/t14-/m1/s1. The molecule has 96 valence electrons. The fraction of sp³-hybridized carbons (Fsp3) is 0.188. The van der Waals surface area contributed by atoms with Gasteiger partial charge in [-0.2, -0.15) is 5.10 Å². The normalized spacial score (nSPS) is 12.7. The summed E-state index contributed by atoms with van der Waals surface area (Å²) in [5, 5.41) is 8.78. The lowest BCUT2D eigenvalue weighted by atomic mass is 9.89. The monoisotopic (exact) mass is 270 g/mol. The molecular weight excluding hydrogens is 256 g/mol. The van der Waals surface area contributed by atoms with Crippen LogP contribution in [0.15, 0.2) is 48.7 Å². The Bertz CT molecular complexity index is 688. The first kappa shape index (κ1) is 12.2. The molecule has 0 spiro atoms. The number of nitrogens with one attached hydrogen (secondary N) is 1. The van der Waals surface area contributed by atoms with E-state index in [1.807, 2.05) is 18.3 Å². The lowest BCUT2D eigenvalue weighted by Crippen LogP contribution is -1.99. The van der Waals surface area contributed by atoms with Gasteiger partial charge in [-0.15, -0.1) is 0 Å².